The Hall–Kier alpha value is -1.30. The standard InChI is InChI=1S/C14H20ClN3O2/c1-2-17-8-10-3-4-12(11(15)7-10)18-5-6-20-9-13(18)14(16)19/h3-4,7,13,17H,2,5-6,8-9H2,1H3,(H2,16,19). The van der Waals surface area contributed by atoms with Crippen molar-refractivity contribution in [1.82, 2.24) is 5.32 Å². The lowest BCUT2D eigenvalue weighted by Gasteiger charge is -2.36. The lowest BCUT2D eigenvalue weighted by molar-refractivity contribution is -0.121. The first-order valence-corrected chi connectivity index (χ1v) is 7.14. The third-order valence-corrected chi connectivity index (χ3v) is 3.66. The molecule has 3 N–H and O–H groups in total. The van der Waals surface area contributed by atoms with Crippen molar-refractivity contribution in [2.75, 3.05) is 31.2 Å². The molecule has 1 fully saturated rings. The van der Waals surface area contributed by atoms with Crippen LogP contribution >= 0.6 is 11.6 Å². The third kappa shape index (κ3) is 3.42. The summed E-state index contributed by atoms with van der Waals surface area (Å²) >= 11 is 6.35. The Bertz CT molecular complexity index is 481. The third-order valence-electron chi connectivity index (χ3n) is 3.36. The predicted molar refractivity (Wildman–Crippen MR) is 80.0 cm³/mol. The zero-order chi connectivity index (χ0) is 14.5. The van der Waals surface area contributed by atoms with Gasteiger partial charge in [0.1, 0.15) is 6.04 Å². The number of hydrogen-bond acceptors (Lipinski definition) is 4. The van der Waals surface area contributed by atoms with E-state index < -0.39 is 11.9 Å². The van der Waals surface area contributed by atoms with E-state index in [0.717, 1.165) is 24.3 Å². The summed E-state index contributed by atoms with van der Waals surface area (Å²) in [5.41, 5.74) is 7.37. The molecule has 110 valence electrons. The number of halogens is 1. The first kappa shape index (κ1) is 15.1. The minimum Gasteiger partial charge on any atom is -0.377 e. The molecule has 1 heterocycles. The van der Waals surface area contributed by atoms with Crippen LogP contribution in [-0.2, 0) is 16.1 Å². The quantitative estimate of drug-likeness (QED) is 0.855. The Morgan fingerprint density at radius 2 is 2.40 bits per heavy atom. The van der Waals surface area contributed by atoms with Gasteiger partial charge in [-0.2, -0.15) is 0 Å². The van der Waals surface area contributed by atoms with E-state index in [9.17, 15) is 4.79 Å². The second kappa shape index (κ2) is 6.92. The average molecular weight is 298 g/mol. The van der Waals surface area contributed by atoms with Crippen LogP contribution in [0.2, 0.25) is 5.02 Å². The maximum Gasteiger partial charge on any atom is 0.242 e. The number of primary amides is 1. The van der Waals surface area contributed by atoms with Crippen molar-refractivity contribution in [2.24, 2.45) is 5.73 Å². The molecular formula is C14H20ClN3O2. The second-order valence-electron chi connectivity index (χ2n) is 4.75. The number of nitrogens with one attached hydrogen (secondary N) is 1. The zero-order valence-electron chi connectivity index (χ0n) is 11.6. The molecule has 0 aromatic heterocycles. The molecule has 1 unspecified atom stereocenters. The van der Waals surface area contributed by atoms with Crippen LogP contribution in [0.25, 0.3) is 0 Å². The van der Waals surface area contributed by atoms with Gasteiger partial charge in [-0.3, -0.25) is 4.79 Å². The van der Waals surface area contributed by atoms with Gasteiger partial charge in [0.15, 0.2) is 0 Å². The molecule has 1 aliphatic heterocycles. The van der Waals surface area contributed by atoms with E-state index in [0.29, 0.717) is 24.8 Å². The van der Waals surface area contributed by atoms with Crippen LogP contribution in [0.15, 0.2) is 18.2 Å². The van der Waals surface area contributed by atoms with Gasteiger partial charge in [-0.25, -0.2) is 0 Å². The first-order chi connectivity index (χ1) is 9.63. The number of anilines is 1. The summed E-state index contributed by atoms with van der Waals surface area (Å²) < 4.78 is 5.32. The number of morpholine rings is 1. The molecule has 0 saturated carbocycles. The molecule has 0 aliphatic carbocycles. The average Bonchev–Trinajstić information content (AvgIpc) is 2.45. The second-order valence-corrected chi connectivity index (χ2v) is 5.16. The molecule has 2 rings (SSSR count). The van der Waals surface area contributed by atoms with Gasteiger partial charge in [0.05, 0.1) is 23.9 Å². The highest BCUT2D eigenvalue weighted by Crippen LogP contribution is 2.29. The molecule has 6 heteroatoms. The van der Waals surface area contributed by atoms with Crippen molar-refractivity contribution in [2.45, 2.75) is 19.5 Å². The van der Waals surface area contributed by atoms with Gasteiger partial charge in [0, 0.05) is 13.1 Å². The van der Waals surface area contributed by atoms with Crippen molar-refractivity contribution in [1.29, 1.82) is 0 Å². The number of amides is 1. The van der Waals surface area contributed by atoms with Gasteiger partial charge in [-0.15, -0.1) is 0 Å². The molecule has 1 saturated heterocycles. The van der Waals surface area contributed by atoms with E-state index in [1.807, 2.05) is 23.1 Å². The lowest BCUT2D eigenvalue weighted by Crippen LogP contribution is -2.52. The van der Waals surface area contributed by atoms with Crippen LogP contribution < -0.4 is 16.0 Å². The Morgan fingerprint density at radius 1 is 1.60 bits per heavy atom. The van der Waals surface area contributed by atoms with Crippen molar-refractivity contribution in [3.8, 4) is 0 Å². The van der Waals surface area contributed by atoms with Gasteiger partial charge in [0.2, 0.25) is 5.91 Å². The van der Waals surface area contributed by atoms with E-state index in [2.05, 4.69) is 12.2 Å². The lowest BCUT2D eigenvalue weighted by atomic mass is 10.1. The monoisotopic (exact) mass is 297 g/mol. The van der Waals surface area contributed by atoms with Crippen molar-refractivity contribution >= 4 is 23.2 Å². The number of benzene rings is 1. The number of carbonyl (C=O) groups excluding carboxylic acids is 1. The van der Waals surface area contributed by atoms with E-state index >= 15 is 0 Å². The normalized spacial score (nSPS) is 19.1. The first-order valence-electron chi connectivity index (χ1n) is 6.76. The van der Waals surface area contributed by atoms with Crippen molar-refractivity contribution in [3.05, 3.63) is 28.8 Å². The Labute approximate surface area is 124 Å². The minimum absolute atomic E-state index is 0.310. The highest BCUT2D eigenvalue weighted by Gasteiger charge is 2.29. The molecule has 5 nitrogen and oxygen atoms in total. The molecule has 1 atom stereocenters. The molecule has 1 amide bonds. The van der Waals surface area contributed by atoms with Gasteiger partial charge in [-0.05, 0) is 24.2 Å². The number of nitrogens with zero attached hydrogens (tertiary/aromatic N) is 1. The Kier molecular flexibility index (Phi) is 5.23. The summed E-state index contributed by atoms with van der Waals surface area (Å²) in [5.74, 6) is -0.391. The van der Waals surface area contributed by atoms with Gasteiger partial charge < -0.3 is 20.7 Å². The highest BCUT2D eigenvalue weighted by atomic mass is 35.5. The summed E-state index contributed by atoms with van der Waals surface area (Å²) in [6, 6.07) is 5.42. The summed E-state index contributed by atoms with van der Waals surface area (Å²) in [5, 5.41) is 3.88. The summed E-state index contributed by atoms with van der Waals surface area (Å²) in [6.07, 6.45) is 0. The molecule has 1 aliphatic rings. The largest absolute Gasteiger partial charge is 0.377 e. The maximum absolute atomic E-state index is 11.5. The zero-order valence-corrected chi connectivity index (χ0v) is 12.3. The summed E-state index contributed by atoms with van der Waals surface area (Å²) in [6.45, 7) is 5.23. The van der Waals surface area contributed by atoms with Crippen LogP contribution in [0.3, 0.4) is 0 Å². The van der Waals surface area contributed by atoms with Crippen molar-refractivity contribution in [3.63, 3.8) is 0 Å². The molecule has 0 bridgehead atoms. The van der Waals surface area contributed by atoms with Gasteiger partial charge in [0.25, 0.3) is 0 Å². The molecule has 1 aromatic rings. The molecule has 0 spiro atoms. The Morgan fingerprint density at radius 3 is 3.05 bits per heavy atom. The molecule has 0 radical (unpaired) electrons. The van der Waals surface area contributed by atoms with Crippen LogP contribution in [0, 0.1) is 0 Å². The minimum atomic E-state index is -0.458. The molecular weight excluding hydrogens is 278 g/mol. The number of hydrogen-bond donors (Lipinski definition) is 2. The van der Waals surface area contributed by atoms with E-state index in [4.69, 9.17) is 22.1 Å². The van der Waals surface area contributed by atoms with E-state index in [-0.39, 0.29) is 0 Å². The maximum atomic E-state index is 11.5. The summed E-state index contributed by atoms with van der Waals surface area (Å²) in [7, 11) is 0. The molecule has 1 aromatic carbocycles. The SMILES string of the molecule is CCNCc1ccc(N2CCOCC2C(N)=O)c(Cl)c1. The van der Waals surface area contributed by atoms with E-state index in [1.165, 1.54) is 0 Å². The number of ether oxygens (including phenoxy) is 1. The van der Waals surface area contributed by atoms with Gasteiger partial charge in [-0.1, -0.05) is 24.6 Å². The fourth-order valence-corrected chi connectivity index (χ4v) is 2.60. The predicted octanol–water partition coefficient (Wildman–Crippen LogP) is 1.14. The smallest absolute Gasteiger partial charge is 0.242 e. The topological polar surface area (TPSA) is 67.6 Å². The van der Waals surface area contributed by atoms with Crippen LogP contribution in [-0.4, -0.2) is 38.3 Å². The van der Waals surface area contributed by atoms with Crippen LogP contribution in [0.1, 0.15) is 12.5 Å². The summed E-state index contributed by atoms with van der Waals surface area (Å²) in [4.78, 5) is 13.4. The number of nitrogens with two attached hydrogens (primary N) is 1. The highest BCUT2D eigenvalue weighted by molar-refractivity contribution is 6.33. The molecule has 20 heavy (non-hydrogen) atoms. The number of rotatable bonds is 5. The van der Waals surface area contributed by atoms with Crippen LogP contribution in [0.4, 0.5) is 5.69 Å². The number of carbonyl (C=O) groups is 1. The fraction of sp³-hybridized carbons (Fsp3) is 0.500. The van der Waals surface area contributed by atoms with E-state index in [1.54, 1.807) is 0 Å². The van der Waals surface area contributed by atoms with Crippen molar-refractivity contribution < 1.29 is 9.53 Å². The fourth-order valence-electron chi connectivity index (χ4n) is 2.29. The van der Waals surface area contributed by atoms with Gasteiger partial charge >= 0.3 is 0 Å². The Balaban J connectivity index is 2.20. The van der Waals surface area contributed by atoms with Crippen LogP contribution in [0.5, 0.6) is 0 Å².